The monoisotopic (exact) mass is 365 g/mol. The van der Waals surface area contributed by atoms with Crippen LogP contribution in [0.15, 0.2) is 12.3 Å². The largest absolute Gasteiger partial charge is 0.407 e. The maximum atomic E-state index is 13.2. The molecule has 0 aliphatic rings. The fraction of sp³-hybridized carbons (Fsp3) is 0.333. The van der Waals surface area contributed by atoms with Gasteiger partial charge in [-0.05, 0) is 62.9 Å². The second-order valence-electron chi connectivity index (χ2n) is 6.95. The fourth-order valence-electron chi connectivity index (χ4n) is 3.44. The molecule has 6 nitrogen and oxygen atoms in total. The first-order valence-corrected chi connectivity index (χ1v) is 8.76. The predicted octanol–water partition coefficient (Wildman–Crippen LogP) is 3.67. The summed E-state index contributed by atoms with van der Waals surface area (Å²) in [6.07, 6.45) is 1.43. The van der Waals surface area contributed by atoms with Crippen molar-refractivity contribution in [2.24, 2.45) is 7.05 Å². The Morgan fingerprint density at radius 3 is 2.30 bits per heavy atom. The van der Waals surface area contributed by atoms with Gasteiger partial charge in [0.25, 0.3) is 0 Å². The van der Waals surface area contributed by atoms with Gasteiger partial charge in [0.2, 0.25) is 5.88 Å². The van der Waals surface area contributed by atoms with E-state index in [1.807, 2.05) is 26.8 Å². The number of pyridine rings is 1. The minimum atomic E-state index is -0.498. The van der Waals surface area contributed by atoms with Gasteiger partial charge >= 0.3 is 5.97 Å². The summed E-state index contributed by atoms with van der Waals surface area (Å²) in [4.78, 5) is 29.4. The van der Waals surface area contributed by atoms with Crippen LogP contribution in [0, 0.1) is 34.6 Å². The minimum absolute atomic E-state index is 0.147. The summed E-state index contributed by atoms with van der Waals surface area (Å²) < 4.78 is 6.58. The molecule has 2 heterocycles. The van der Waals surface area contributed by atoms with Gasteiger partial charge in [-0.1, -0.05) is 0 Å². The summed E-state index contributed by atoms with van der Waals surface area (Å²) >= 11 is 0. The van der Waals surface area contributed by atoms with Gasteiger partial charge in [-0.2, -0.15) is 5.10 Å². The summed E-state index contributed by atoms with van der Waals surface area (Å²) in [7, 11) is 1.63. The van der Waals surface area contributed by atoms with E-state index >= 15 is 0 Å². The Balaban J connectivity index is 2.24. The van der Waals surface area contributed by atoms with Gasteiger partial charge in [-0.3, -0.25) is 14.6 Å². The van der Waals surface area contributed by atoms with Crippen LogP contribution in [0.3, 0.4) is 0 Å². The van der Waals surface area contributed by atoms with Crippen LogP contribution >= 0.6 is 0 Å². The Morgan fingerprint density at radius 2 is 1.67 bits per heavy atom. The van der Waals surface area contributed by atoms with E-state index < -0.39 is 5.97 Å². The number of hydrogen-bond donors (Lipinski definition) is 0. The average molecular weight is 365 g/mol. The highest BCUT2D eigenvalue weighted by atomic mass is 16.5. The molecular weight excluding hydrogens is 342 g/mol. The number of ketones is 1. The van der Waals surface area contributed by atoms with Gasteiger partial charge < -0.3 is 4.74 Å². The standard InChI is InChI=1S/C21H23N3O3/c1-10-8-16(13(4)19-18(10)12(3)11(2)14(5)23-19)20(26)17-9-22-24(7)21(17)27-15(6)25/h8-9H,1-7H3. The van der Waals surface area contributed by atoms with E-state index in [0.717, 1.165) is 33.3 Å². The van der Waals surface area contributed by atoms with Gasteiger partial charge in [-0.25, -0.2) is 4.68 Å². The van der Waals surface area contributed by atoms with Crippen molar-refractivity contribution in [3.8, 4) is 5.88 Å². The molecule has 6 heteroatoms. The Hall–Kier alpha value is -3.02. The summed E-state index contributed by atoms with van der Waals surface area (Å²) in [5.41, 5.74) is 6.72. The normalized spacial score (nSPS) is 11.1. The molecule has 0 bridgehead atoms. The fourth-order valence-corrected chi connectivity index (χ4v) is 3.44. The summed E-state index contributed by atoms with van der Waals surface area (Å²) in [6.45, 7) is 11.3. The lowest BCUT2D eigenvalue weighted by atomic mass is 9.91. The number of aryl methyl sites for hydroxylation is 5. The molecule has 3 rings (SSSR count). The van der Waals surface area contributed by atoms with Crippen molar-refractivity contribution in [2.45, 2.75) is 41.5 Å². The molecule has 0 saturated heterocycles. The van der Waals surface area contributed by atoms with Crippen molar-refractivity contribution < 1.29 is 14.3 Å². The molecule has 0 atom stereocenters. The van der Waals surface area contributed by atoms with Gasteiger partial charge in [0, 0.05) is 30.6 Å². The molecule has 0 radical (unpaired) electrons. The van der Waals surface area contributed by atoms with Gasteiger partial charge in [0.1, 0.15) is 5.56 Å². The molecule has 140 valence electrons. The minimum Gasteiger partial charge on any atom is -0.407 e. The van der Waals surface area contributed by atoms with E-state index in [1.165, 1.54) is 23.4 Å². The zero-order valence-corrected chi connectivity index (χ0v) is 16.7. The molecule has 0 amide bonds. The SMILES string of the molecule is CC(=O)Oc1c(C(=O)c2cc(C)c3c(C)c(C)c(C)nc3c2C)cnn1C. The van der Waals surface area contributed by atoms with Crippen molar-refractivity contribution in [3.05, 3.63) is 51.3 Å². The van der Waals surface area contributed by atoms with Crippen LogP contribution in [-0.2, 0) is 11.8 Å². The van der Waals surface area contributed by atoms with Crippen molar-refractivity contribution >= 4 is 22.7 Å². The molecule has 27 heavy (non-hydrogen) atoms. The first-order chi connectivity index (χ1) is 12.6. The first kappa shape index (κ1) is 18.8. The number of nitrogens with zero attached hydrogens (tertiary/aromatic N) is 3. The molecule has 0 spiro atoms. The number of carbonyl (C=O) groups excluding carboxylic acids is 2. The number of aromatic nitrogens is 3. The molecule has 0 aliphatic carbocycles. The zero-order valence-electron chi connectivity index (χ0n) is 16.7. The number of rotatable bonds is 3. The van der Waals surface area contributed by atoms with Crippen molar-refractivity contribution in [2.75, 3.05) is 0 Å². The third-order valence-corrected chi connectivity index (χ3v) is 5.12. The lowest BCUT2D eigenvalue weighted by molar-refractivity contribution is -0.132. The third kappa shape index (κ3) is 3.01. The number of esters is 1. The molecule has 2 aromatic heterocycles. The lowest BCUT2D eigenvalue weighted by Crippen LogP contribution is -2.11. The van der Waals surface area contributed by atoms with E-state index in [9.17, 15) is 9.59 Å². The van der Waals surface area contributed by atoms with Crippen molar-refractivity contribution in [3.63, 3.8) is 0 Å². The number of benzene rings is 1. The molecular formula is C21H23N3O3. The summed E-state index contributed by atoms with van der Waals surface area (Å²) in [6, 6.07) is 1.88. The third-order valence-electron chi connectivity index (χ3n) is 5.12. The molecule has 0 N–H and O–H groups in total. The van der Waals surface area contributed by atoms with Gasteiger partial charge in [0.05, 0.1) is 11.7 Å². The highest BCUT2D eigenvalue weighted by Gasteiger charge is 2.24. The highest BCUT2D eigenvalue weighted by Crippen LogP contribution is 2.32. The van der Waals surface area contributed by atoms with E-state index in [1.54, 1.807) is 7.05 Å². The van der Waals surface area contributed by atoms with Crippen LogP contribution in [0.2, 0.25) is 0 Å². The van der Waals surface area contributed by atoms with Gasteiger partial charge in [-0.15, -0.1) is 0 Å². The molecule has 3 aromatic rings. The molecule has 0 unspecified atom stereocenters. The van der Waals surface area contributed by atoms with Crippen molar-refractivity contribution in [1.82, 2.24) is 14.8 Å². The molecule has 0 aliphatic heterocycles. The average Bonchev–Trinajstić information content (AvgIpc) is 2.95. The van der Waals surface area contributed by atoms with Crippen molar-refractivity contribution in [1.29, 1.82) is 0 Å². The van der Waals surface area contributed by atoms with Crippen LogP contribution in [-0.4, -0.2) is 26.5 Å². The quantitative estimate of drug-likeness (QED) is 0.523. The second-order valence-corrected chi connectivity index (χ2v) is 6.95. The van der Waals surface area contributed by atoms with E-state index in [0.29, 0.717) is 5.56 Å². The first-order valence-electron chi connectivity index (χ1n) is 8.76. The number of carbonyl (C=O) groups is 2. The van der Waals surface area contributed by atoms with E-state index in [-0.39, 0.29) is 17.2 Å². The Morgan fingerprint density at radius 1 is 1.00 bits per heavy atom. The number of fused-ring (bicyclic) bond motifs is 1. The zero-order chi connectivity index (χ0) is 20.0. The van der Waals surface area contributed by atoms with Crippen LogP contribution < -0.4 is 4.74 Å². The molecule has 1 aromatic carbocycles. The Kier molecular flexibility index (Phi) is 4.59. The van der Waals surface area contributed by atoms with E-state index in [4.69, 9.17) is 9.72 Å². The lowest BCUT2D eigenvalue weighted by Gasteiger charge is -2.16. The maximum Gasteiger partial charge on any atom is 0.309 e. The topological polar surface area (TPSA) is 74.1 Å². The smallest absolute Gasteiger partial charge is 0.309 e. The number of ether oxygens (including phenoxy) is 1. The van der Waals surface area contributed by atoms with Gasteiger partial charge in [0.15, 0.2) is 5.78 Å². The van der Waals surface area contributed by atoms with Crippen LogP contribution in [0.1, 0.15) is 50.8 Å². The molecule has 0 fully saturated rings. The van der Waals surface area contributed by atoms with E-state index in [2.05, 4.69) is 18.9 Å². The number of hydrogen-bond acceptors (Lipinski definition) is 5. The van der Waals surface area contributed by atoms with Crippen LogP contribution in [0.4, 0.5) is 0 Å². The van der Waals surface area contributed by atoms with Crippen LogP contribution in [0.5, 0.6) is 5.88 Å². The Labute approximate surface area is 158 Å². The molecule has 0 saturated carbocycles. The van der Waals surface area contributed by atoms with Crippen LogP contribution in [0.25, 0.3) is 10.9 Å². The summed E-state index contributed by atoms with van der Waals surface area (Å²) in [5, 5.41) is 5.16. The predicted molar refractivity (Wildman–Crippen MR) is 103 cm³/mol. The Bertz CT molecular complexity index is 1110. The maximum absolute atomic E-state index is 13.2. The second kappa shape index (κ2) is 6.61. The highest BCUT2D eigenvalue weighted by molar-refractivity contribution is 6.13. The summed E-state index contributed by atoms with van der Waals surface area (Å²) in [5.74, 6) is -0.587.